The number of hydrogen-bond donors (Lipinski definition) is 1. The number of nitrogens with zero attached hydrogens (tertiary/aromatic N) is 2. The molecule has 1 aromatic heterocycles. The van der Waals surface area contributed by atoms with E-state index in [2.05, 4.69) is 10.4 Å². The number of carbonyl (C=O) groups excluding carboxylic acids is 1. The Labute approximate surface area is 139 Å². The molecule has 3 rings (SSSR count). The summed E-state index contributed by atoms with van der Waals surface area (Å²) in [5, 5.41) is 7.00. The second-order valence-electron chi connectivity index (χ2n) is 5.01. The molecule has 1 amide bonds. The molecule has 3 aromatic rings. The van der Waals surface area contributed by atoms with Gasteiger partial charge in [0.1, 0.15) is 11.5 Å². The Morgan fingerprint density at radius 3 is 2.46 bits per heavy atom. The number of hydrogen-bond acceptors (Lipinski definition) is 4. The topological polar surface area (TPSA) is 65.4 Å². The van der Waals surface area contributed by atoms with Crippen molar-refractivity contribution < 1.29 is 14.3 Å². The van der Waals surface area contributed by atoms with E-state index >= 15 is 0 Å². The molecule has 0 atom stereocenters. The average Bonchev–Trinajstić information content (AvgIpc) is 3.10. The van der Waals surface area contributed by atoms with Crippen molar-refractivity contribution in [2.75, 3.05) is 12.4 Å². The van der Waals surface area contributed by atoms with Crippen molar-refractivity contribution in [1.29, 1.82) is 0 Å². The van der Waals surface area contributed by atoms with Crippen LogP contribution >= 0.6 is 0 Å². The fourth-order valence-electron chi connectivity index (χ4n) is 2.08. The molecule has 0 aliphatic rings. The Morgan fingerprint density at radius 2 is 1.75 bits per heavy atom. The molecule has 0 aliphatic carbocycles. The Morgan fingerprint density at radius 1 is 1.04 bits per heavy atom. The lowest BCUT2D eigenvalue weighted by Gasteiger charge is -2.07. The van der Waals surface area contributed by atoms with E-state index in [-0.39, 0.29) is 12.6 Å². The van der Waals surface area contributed by atoms with Crippen molar-refractivity contribution in [2.24, 2.45) is 0 Å². The Bertz CT molecular complexity index is 798. The molecular weight excluding hydrogens is 306 g/mol. The molecule has 2 aromatic carbocycles. The van der Waals surface area contributed by atoms with E-state index in [9.17, 15) is 4.79 Å². The van der Waals surface area contributed by atoms with Gasteiger partial charge in [0.25, 0.3) is 5.91 Å². The monoisotopic (exact) mass is 323 g/mol. The van der Waals surface area contributed by atoms with Crippen LogP contribution in [0, 0.1) is 0 Å². The molecule has 24 heavy (non-hydrogen) atoms. The lowest BCUT2D eigenvalue weighted by Crippen LogP contribution is -2.14. The molecule has 0 spiro atoms. The molecule has 122 valence electrons. The zero-order chi connectivity index (χ0) is 16.8. The first-order valence-electron chi connectivity index (χ1n) is 7.41. The summed E-state index contributed by atoms with van der Waals surface area (Å²) in [4.78, 5) is 12.1. The zero-order valence-electron chi connectivity index (χ0n) is 13.2. The number of rotatable bonds is 6. The van der Waals surface area contributed by atoms with Crippen LogP contribution in [0.15, 0.2) is 66.9 Å². The van der Waals surface area contributed by atoms with Gasteiger partial charge < -0.3 is 14.8 Å². The number of methoxy groups -OCH3 is 1. The van der Waals surface area contributed by atoms with Crippen molar-refractivity contribution >= 4 is 11.6 Å². The van der Waals surface area contributed by atoms with E-state index in [0.717, 1.165) is 11.4 Å². The molecule has 0 saturated carbocycles. The molecular formula is C18H17N3O3. The number of ether oxygens (including phenoxy) is 2. The number of anilines is 1. The van der Waals surface area contributed by atoms with E-state index < -0.39 is 0 Å². The molecule has 6 heteroatoms. The van der Waals surface area contributed by atoms with Gasteiger partial charge in [-0.1, -0.05) is 18.2 Å². The van der Waals surface area contributed by atoms with Crippen LogP contribution in [-0.2, 0) is 6.73 Å². The normalized spacial score (nSPS) is 10.2. The second-order valence-corrected chi connectivity index (χ2v) is 5.01. The third-order valence-corrected chi connectivity index (χ3v) is 3.33. The van der Waals surface area contributed by atoms with Gasteiger partial charge in [0.05, 0.1) is 7.11 Å². The molecule has 0 unspecified atom stereocenters. The van der Waals surface area contributed by atoms with Crippen molar-refractivity contribution in [3.63, 3.8) is 0 Å². The predicted octanol–water partition coefficient (Wildman–Crippen LogP) is 3.18. The summed E-state index contributed by atoms with van der Waals surface area (Å²) in [7, 11) is 1.61. The van der Waals surface area contributed by atoms with Crippen LogP contribution in [-0.4, -0.2) is 22.8 Å². The van der Waals surface area contributed by atoms with Crippen LogP contribution in [0.2, 0.25) is 0 Å². The van der Waals surface area contributed by atoms with E-state index in [1.54, 1.807) is 24.1 Å². The lowest BCUT2D eigenvalue weighted by atomic mass is 10.3. The third-order valence-electron chi connectivity index (χ3n) is 3.33. The van der Waals surface area contributed by atoms with Gasteiger partial charge in [0.15, 0.2) is 12.4 Å². The van der Waals surface area contributed by atoms with Gasteiger partial charge in [-0.15, -0.1) is 0 Å². The van der Waals surface area contributed by atoms with Gasteiger partial charge in [-0.25, -0.2) is 4.68 Å². The highest BCUT2D eigenvalue weighted by molar-refractivity contribution is 6.02. The van der Waals surface area contributed by atoms with Crippen molar-refractivity contribution in [1.82, 2.24) is 9.78 Å². The number of aromatic nitrogens is 2. The summed E-state index contributed by atoms with van der Waals surface area (Å²) in [6.07, 6.45) is 1.70. The highest BCUT2D eigenvalue weighted by Gasteiger charge is 2.09. The summed E-state index contributed by atoms with van der Waals surface area (Å²) in [6.45, 7) is 0.213. The largest absolute Gasteiger partial charge is 0.497 e. The van der Waals surface area contributed by atoms with Crippen molar-refractivity contribution in [2.45, 2.75) is 6.73 Å². The maximum Gasteiger partial charge on any atom is 0.276 e. The van der Waals surface area contributed by atoms with Gasteiger partial charge in [0, 0.05) is 11.9 Å². The SMILES string of the molecule is COc1ccc(OCn2ccc(C(=O)Nc3ccccc3)n2)cc1. The molecule has 0 fully saturated rings. The maximum atomic E-state index is 12.1. The van der Waals surface area contributed by atoms with E-state index in [4.69, 9.17) is 9.47 Å². The van der Waals surface area contributed by atoms with E-state index in [1.165, 1.54) is 0 Å². The number of nitrogens with one attached hydrogen (secondary N) is 1. The smallest absolute Gasteiger partial charge is 0.276 e. The number of amides is 1. The predicted molar refractivity (Wildman–Crippen MR) is 90.2 cm³/mol. The number of benzene rings is 2. The van der Waals surface area contributed by atoms with Crippen LogP contribution in [0.4, 0.5) is 5.69 Å². The van der Waals surface area contributed by atoms with Gasteiger partial charge in [0.2, 0.25) is 0 Å². The Balaban J connectivity index is 1.57. The first kappa shape index (κ1) is 15.6. The quantitative estimate of drug-likeness (QED) is 0.756. The highest BCUT2D eigenvalue weighted by atomic mass is 16.5. The zero-order valence-corrected chi connectivity index (χ0v) is 13.2. The van der Waals surface area contributed by atoms with Crippen LogP contribution in [0.5, 0.6) is 11.5 Å². The van der Waals surface area contributed by atoms with Crippen LogP contribution in [0.25, 0.3) is 0 Å². The number of carbonyl (C=O) groups is 1. The molecule has 1 heterocycles. The van der Waals surface area contributed by atoms with Crippen LogP contribution in [0.3, 0.4) is 0 Å². The van der Waals surface area contributed by atoms with Gasteiger partial charge in [-0.2, -0.15) is 5.10 Å². The Hall–Kier alpha value is -3.28. The molecule has 0 bridgehead atoms. The lowest BCUT2D eigenvalue weighted by molar-refractivity contribution is 0.102. The minimum atomic E-state index is -0.260. The summed E-state index contributed by atoms with van der Waals surface area (Å²) in [5.41, 5.74) is 1.06. The van der Waals surface area contributed by atoms with Crippen LogP contribution < -0.4 is 14.8 Å². The summed E-state index contributed by atoms with van der Waals surface area (Å²) in [5.74, 6) is 1.20. The molecule has 0 radical (unpaired) electrons. The van der Waals surface area contributed by atoms with Crippen molar-refractivity contribution in [3.8, 4) is 11.5 Å². The average molecular weight is 323 g/mol. The highest BCUT2D eigenvalue weighted by Crippen LogP contribution is 2.17. The second kappa shape index (κ2) is 7.32. The van der Waals surface area contributed by atoms with E-state index in [1.807, 2.05) is 54.6 Å². The maximum absolute atomic E-state index is 12.1. The molecule has 1 N–H and O–H groups in total. The Kier molecular flexibility index (Phi) is 4.76. The third kappa shape index (κ3) is 3.92. The first-order chi connectivity index (χ1) is 11.7. The standard InChI is InChI=1S/C18H17N3O3/c1-23-15-7-9-16(10-8-15)24-13-21-12-11-17(20-21)18(22)19-14-5-3-2-4-6-14/h2-12H,13H2,1H3,(H,19,22). The summed E-state index contributed by atoms with van der Waals surface area (Å²) >= 11 is 0. The van der Waals surface area contributed by atoms with Gasteiger partial charge in [-0.05, 0) is 42.5 Å². The van der Waals surface area contributed by atoms with Crippen LogP contribution in [0.1, 0.15) is 10.5 Å². The summed E-state index contributed by atoms with van der Waals surface area (Å²) < 4.78 is 12.3. The van der Waals surface area contributed by atoms with Gasteiger partial charge >= 0.3 is 0 Å². The molecule has 0 saturated heterocycles. The fraction of sp³-hybridized carbons (Fsp3) is 0.111. The number of para-hydroxylation sites is 1. The molecule has 6 nitrogen and oxygen atoms in total. The minimum Gasteiger partial charge on any atom is -0.497 e. The van der Waals surface area contributed by atoms with E-state index in [0.29, 0.717) is 11.4 Å². The van der Waals surface area contributed by atoms with Gasteiger partial charge in [-0.3, -0.25) is 4.79 Å². The fourth-order valence-corrected chi connectivity index (χ4v) is 2.08. The minimum absolute atomic E-state index is 0.213. The van der Waals surface area contributed by atoms with Crippen molar-refractivity contribution in [3.05, 3.63) is 72.6 Å². The molecule has 0 aliphatic heterocycles. The summed E-state index contributed by atoms with van der Waals surface area (Å²) in [6, 6.07) is 18.2. The first-order valence-corrected chi connectivity index (χ1v) is 7.41.